The maximum absolute atomic E-state index is 13.9. The first-order chi connectivity index (χ1) is 19.6. The Balaban J connectivity index is 1.29. The number of amides is 1. The van der Waals surface area contributed by atoms with Gasteiger partial charge in [0.1, 0.15) is 0 Å². The van der Waals surface area contributed by atoms with Crippen molar-refractivity contribution in [3.63, 3.8) is 0 Å². The first-order valence-electron chi connectivity index (χ1n) is 13.3. The van der Waals surface area contributed by atoms with Gasteiger partial charge in [0.15, 0.2) is 0 Å². The van der Waals surface area contributed by atoms with Gasteiger partial charge >= 0.3 is 6.18 Å². The molecule has 1 fully saturated rings. The van der Waals surface area contributed by atoms with E-state index in [1.165, 1.54) is 12.1 Å². The van der Waals surface area contributed by atoms with Crippen LogP contribution in [0.25, 0.3) is 5.70 Å². The summed E-state index contributed by atoms with van der Waals surface area (Å²) in [7, 11) is 1.86. The van der Waals surface area contributed by atoms with Crippen LogP contribution in [0.3, 0.4) is 0 Å². The van der Waals surface area contributed by atoms with Gasteiger partial charge in [0.2, 0.25) is 0 Å². The molecule has 0 saturated carbocycles. The highest BCUT2D eigenvalue weighted by molar-refractivity contribution is 6.05. The van der Waals surface area contributed by atoms with E-state index in [2.05, 4.69) is 31.6 Å². The Morgan fingerprint density at radius 3 is 2.61 bits per heavy atom. The lowest BCUT2D eigenvalue weighted by Crippen LogP contribution is -2.39. The Bertz CT molecular complexity index is 1450. The minimum Gasteiger partial charge on any atom is -0.383 e. The molecule has 5 rings (SSSR count). The molecule has 2 aromatic carbocycles. The van der Waals surface area contributed by atoms with Crippen molar-refractivity contribution < 1.29 is 22.7 Å². The molecule has 0 bridgehead atoms. The molecular weight excluding hydrogens is 537 g/mol. The number of aromatic nitrogens is 2. The molecule has 3 aromatic rings. The van der Waals surface area contributed by atoms with Gasteiger partial charge in [0.05, 0.1) is 36.4 Å². The number of aryl methyl sites for hydroxylation is 2. The molecule has 0 aliphatic carbocycles. The van der Waals surface area contributed by atoms with Crippen LogP contribution in [0.2, 0.25) is 0 Å². The molecule has 218 valence electrons. The van der Waals surface area contributed by atoms with Crippen molar-refractivity contribution in [3.8, 4) is 0 Å². The molecular formula is C28H33F3N8O2. The van der Waals surface area contributed by atoms with E-state index in [4.69, 9.17) is 4.74 Å². The van der Waals surface area contributed by atoms with Gasteiger partial charge in [-0.05, 0) is 49.7 Å². The number of benzene rings is 2. The third-order valence-electron chi connectivity index (χ3n) is 7.26. The minimum absolute atomic E-state index is 0.0274. The Labute approximate surface area is 236 Å². The number of anilines is 3. The van der Waals surface area contributed by atoms with E-state index >= 15 is 0 Å². The second-order valence-corrected chi connectivity index (χ2v) is 10.0. The van der Waals surface area contributed by atoms with Gasteiger partial charge in [-0.15, -0.1) is 5.53 Å². The SMILES string of the molecule is Cc1ccc(C(=O)Nc2ccc(NCCN3CCOCC3)c(C(F)(F)F)c2)cc1N1C=C(c2cnn(C)c2C)NN1. The van der Waals surface area contributed by atoms with Crippen LogP contribution >= 0.6 is 0 Å². The van der Waals surface area contributed by atoms with Crippen molar-refractivity contribution >= 4 is 28.7 Å². The quantitative estimate of drug-likeness (QED) is 0.324. The standard InChI is InChI=1S/C28H33F3N8O2/c1-18-4-5-20(14-26(18)39-17-25(35-36-39)22-16-33-37(3)19(22)2)27(40)34-21-6-7-24(23(15-21)28(29,30)31)32-8-9-38-10-12-41-13-11-38/h4-7,14-17,32,35-36H,8-13H2,1-3H3,(H,34,40). The molecule has 41 heavy (non-hydrogen) atoms. The zero-order chi connectivity index (χ0) is 29.1. The number of hydrogen-bond acceptors (Lipinski definition) is 8. The number of carbonyl (C=O) groups is 1. The number of ether oxygens (including phenoxy) is 1. The van der Waals surface area contributed by atoms with Crippen LogP contribution in [-0.2, 0) is 18.0 Å². The molecule has 0 radical (unpaired) electrons. The average molecular weight is 571 g/mol. The van der Waals surface area contributed by atoms with Crippen molar-refractivity contribution in [2.75, 3.05) is 55.0 Å². The summed E-state index contributed by atoms with van der Waals surface area (Å²) >= 11 is 0. The maximum atomic E-state index is 13.9. The van der Waals surface area contributed by atoms with Crippen LogP contribution in [0.4, 0.5) is 30.2 Å². The molecule has 4 N–H and O–H groups in total. The summed E-state index contributed by atoms with van der Waals surface area (Å²) in [6.07, 6.45) is -0.977. The maximum Gasteiger partial charge on any atom is 0.418 e. The van der Waals surface area contributed by atoms with Crippen LogP contribution in [0.5, 0.6) is 0 Å². The largest absolute Gasteiger partial charge is 0.418 e. The number of nitrogens with one attached hydrogen (secondary N) is 4. The Morgan fingerprint density at radius 2 is 1.90 bits per heavy atom. The lowest BCUT2D eigenvalue weighted by molar-refractivity contribution is -0.136. The van der Waals surface area contributed by atoms with Gasteiger partial charge < -0.3 is 20.8 Å². The van der Waals surface area contributed by atoms with E-state index in [0.29, 0.717) is 37.6 Å². The summed E-state index contributed by atoms with van der Waals surface area (Å²) in [6.45, 7) is 7.59. The van der Waals surface area contributed by atoms with Gasteiger partial charge in [0, 0.05) is 67.6 Å². The lowest BCUT2D eigenvalue weighted by atomic mass is 10.1. The van der Waals surface area contributed by atoms with Crippen molar-refractivity contribution in [3.05, 3.63) is 76.7 Å². The van der Waals surface area contributed by atoms with Crippen LogP contribution in [0, 0.1) is 13.8 Å². The van der Waals surface area contributed by atoms with Crippen molar-refractivity contribution in [2.24, 2.45) is 7.05 Å². The summed E-state index contributed by atoms with van der Waals surface area (Å²) in [5.41, 5.74) is 9.98. The first kappa shape index (κ1) is 28.5. The average Bonchev–Trinajstić information content (AvgIpc) is 3.56. The van der Waals surface area contributed by atoms with Gasteiger partial charge in [-0.2, -0.15) is 18.3 Å². The van der Waals surface area contributed by atoms with Gasteiger partial charge in [-0.1, -0.05) is 6.07 Å². The topological polar surface area (TPSA) is 98.7 Å². The van der Waals surface area contributed by atoms with E-state index in [0.717, 1.165) is 41.7 Å². The molecule has 13 heteroatoms. The van der Waals surface area contributed by atoms with E-state index in [-0.39, 0.29) is 11.4 Å². The second kappa shape index (κ2) is 11.8. The van der Waals surface area contributed by atoms with Crippen LogP contribution < -0.4 is 26.6 Å². The number of rotatable bonds is 8. The van der Waals surface area contributed by atoms with Gasteiger partial charge in [-0.3, -0.25) is 19.4 Å². The smallest absolute Gasteiger partial charge is 0.383 e. The van der Waals surface area contributed by atoms with E-state index in [1.54, 1.807) is 34.1 Å². The third kappa shape index (κ3) is 6.47. The Kier molecular flexibility index (Phi) is 8.20. The number of carbonyl (C=O) groups excluding carboxylic acids is 1. The number of hydrazine groups is 2. The van der Waals surface area contributed by atoms with Crippen molar-refractivity contribution in [2.45, 2.75) is 20.0 Å². The van der Waals surface area contributed by atoms with E-state index in [1.807, 2.05) is 27.1 Å². The monoisotopic (exact) mass is 570 g/mol. The molecule has 0 spiro atoms. The van der Waals surface area contributed by atoms with Crippen molar-refractivity contribution in [1.29, 1.82) is 0 Å². The Hall–Kier alpha value is -4.07. The summed E-state index contributed by atoms with van der Waals surface area (Å²) < 4.78 is 48.8. The summed E-state index contributed by atoms with van der Waals surface area (Å²) in [5.74, 6) is -0.521. The highest BCUT2D eigenvalue weighted by Crippen LogP contribution is 2.37. The molecule has 1 aromatic heterocycles. The Morgan fingerprint density at radius 1 is 1.12 bits per heavy atom. The molecule has 1 amide bonds. The third-order valence-corrected chi connectivity index (χ3v) is 7.26. The van der Waals surface area contributed by atoms with Crippen LogP contribution in [0.1, 0.15) is 32.7 Å². The van der Waals surface area contributed by atoms with E-state index in [9.17, 15) is 18.0 Å². The molecule has 2 aliphatic rings. The zero-order valence-electron chi connectivity index (χ0n) is 23.1. The predicted molar refractivity (Wildman–Crippen MR) is 151 cm³/mol. The van der Waals surface area contributed by atoms with Crippen molar-refractivity contribution in [1.82, 2.24) is 25.6 Å². The lowest BCUT2D eigenvalue weighted by Gasteiger charge is -2.27. The zero-order valence-corrected chi connectivity index (χ0v) is 23.1. The fourth-order valence-corrected chi connectivity index (χ4v) is 4.74. The first-order valence-corrected chi connectivity index (χ1v) is 13.3. The number of morpholine rings is 1. The molecule has 3 heterocycles. The number of alkyl halides is 3. The molecule has 2 aliphatic heterocycles. The number of nitrogens with zero attached hydrogens (tertiary/aromatic N) is 4. The molecule has 0 atom stereocenters. The van der Waals surface area contributed by atoms with Gasteiger partial charge in [0.25, 0.3) is 5.91 Å². The highest BCUT2D eigenvalue weighted by atomic mass is 19.4. The minimum atomic E-state index is -4.59. The predicted octanol–water partition coefficient (Wildman–Crippen LogP) is 3.88. The van der Waals surface area contributed by atoms with Crippen LogP contribution in [0.15, 0.2) is 48.8 Å². The fourth-order valence-electron chi connectivity index (χ4n) is 4.74. The highest BCUT2D eigenvalue weighted by Gasteiger charge is 2.34. The normalized spacial score (nSPS) is 16.0. The molecule has 0 unspecified atom stereocenters. The number of halogens is 3. The molecule has 10 nitrogen and oxygen atoms in total. The molecule has 1 saturated heterocycles. The van der Waals surface area contributed by atoms with E-state index < -0.39 is 17.6 Å². The summed E-state index contributed by atoms with van der Waals surface area (Å²) in [5, 5.41) is 11.5. The van der Waals surface area contributed by atoms with Gasteiger partial charge in [-0.25, -0.2) is 0 Å². The number of hydrogen-bond donors (Lipinski definition) is 4. The summed E-state index contributed by atoms with van der Waals surface area (Å²) in [6, 6.07) is 8.89. The fraction of sp³-hybridized carbons (Fsp3) is 0.357. The summed E-state index contributed by atoms with van der Waals surface area (Å²) in [4.78, 5) is 15.3. The van der Waals surface area contributed by atoms with Crippen LogP contribution in [-0.4, -0.2) is 60.0 Å². The second-order valence-electron chi connectivity index (χ2n) is 10.0.